The molecular formula is C14H15F3N2O. The Labute approximate surface area is 115 Å². The molecule has 1 amide bonds. The Morgan fingerprint density at radius 2 is 2.10 bits per heavy atom. The zero-order chi connectivity index (χ0) is 15.2. The molecule has 0 spiro atoms. The molecule has 1 aromatic rings. The average molecular weight is 284 g/mol. The van der Waals surface area contributed by atoms with E-state index in [4.69, 9.17) is 5.73 Å². The molecule has 6 heteroatoms. The monoisotopic (exact) mass is 284 g/mol. The number of hydrogen-bond donors (Lipinski definition) is 2. The minimum absolute atomic E-state index is 0.142. The third-order valence-corrected chi connectivity index (χ3v) is 2.44. The van der Waals surface area contributed by atoms with Crippen molar-refractivity contribution < 1.29 is 18.0 Å². The first-order valence-electron chi connectivity index (χ1n) is 5.98. The van der Waals surface area contributed by atoms with Gasteiger partial charge in [-0.2, -0.15) is 13.2 Å². The van der Waals surface area contributed by atoms with E-state index in [2.05, 4.69) is 17.2 Å². The first-order chi connectivity index (χ1) is 9.33. The Bertz CT molecular complexity index is 542. The molecule has 0 atom stereocenters. The topological polar surface area (TPSA) is 55.1 Å². The molecule has 0 saturated carbocycles. The number of nitrogens with one attached hydrogen (secondary N) is 1. The third kappa shape index (κ3) is 5.33. The van der Waals surface area contributed by atoms with Gasteiger partial charge in [-0.3, -0.25) is 4.79 Å². The van der Waals surface area contributed by atoms with E-state index in [1.807, 2.05) is 0 Å². The van der Waals surface area contributed by atoms with Gasteiger partial charge in [0.15, 0.2) is 0 Å². The molecule has 0 fully saturated rings. The van der Waals surface area contributed by atoms with Crippen LogP contribution < -0.4 is 11.1 Å². The Morgan fingerprint density at radius 3 is 2.70 bits per heavy atom. The molecule has 0 aliphatic carbocycles. The average Bonchev–Trinajstić information content (AvgIpc) is 2.35. The molecule has 0 aliphatic heterocycles. The van der Waals surface area contributed by atoms with Gasteiger partial charge in [-0.1, -0.05) is 23.5 Å². The molecule has 0 heterocycles. The number of rotatable bonds is 3. The lowest BCUT2D eigenvalue weighted by Crippen LogP contribution is -2.28. The van der Waals surface area contributed by atoms with Gasteiger partial charge in [0.25, 0.3) is 5.91 Å². The zero-order valence-corrected chi connectivity index (χ0v) is 11.0. The number of carbonyl (C=O) groups excluding carboxylic acids is 1. The van der Waals surface area contributed by atoms with Gasteiger partial charge in [0.2, 0.25) is 0 Å². The highest BCUT2D eigenvalue weighted by Gasteiger charge is 2.26. The summed E-state index contributed by atoms with van der Waals surface area (Å²) < 4.78 is 36.1. The van der Waals surface area contributed by atoms with E-state index in [0.29, 0.717) is 5.56 Å². The van der Waals surface area contributed by atoms with Crippen molar-refractivity contribution in [2.24, 2.45) is 5.73 Å². The summed E-state index contributed by atoms with van der Waals surface area (Å²) in [4.78, 5) is 11.9. The second-order valence-electron chi connectivity index (χ2n) is 4.18. The maximum absolute atomic E-state index is 12.0. The lowest BCUT2D eigenvalue weighted by atomic mass is 10.0. The molecule has 0 bridgehead atoms. The minimum Gasteiger partial charge on any atom is -0.352 e. The van der Waals surface area contributed by atoms with Crippen molar-refractivity contribution in [1.29, 1.82) is 0 Å². The van der Waals surface area contributed by atoms with E-state index < -0.39 is 25.0 Å². The Balaban J connectivity index is 2.83. The van der Waals surface area contributed by atoms with E-state index >= 15 is 0 Å². The maximum atomic E-state index is 12.0. The lowest BCUT2D eigenvalue weighted by Gasteiger charge is -2.09. The van der Waals surface area contributed by atoms with Crippen LogP contribution in [-0.2, 0) is 0 Å². The normalized spacial score (nSPS) is 10.7. The van der Waals surface area contributed by atoms with Crippen LogP contribution in [0.4, 0.5) is 13.2 Å². The summed E-state index contributed by atoms with van der Waals surface area (Å²) in [7, 11) is 0. The summed E-state index contributed by atoms with van der Waals surface area (Å²) in [5, 5.41) is 2.24. The van der Waals surface area contributed by atoms with Crippen LogP contribution in [0.3, 0.4) is 0 Å². The van der Waals surface area contributed by atoms with Crippen LogP contribution in [0.25, 0.3) is 0 Å². The Hall–Kier alpha value is -2.00. The predicted molar refractivity (Wildman–Crippen MR) is 70.1 cm³/mol. The highest BCUT2D eigenvalue weighted by molar-refractivity contribution is 5.96. The fraction of sp³-hybridized carbons (Fsp3) is 0.357. The van der Waals surface area contributed by atoms with Crippen molar-refractivity contribution in [2.75, 3.05) is 13.1 Å². The molecule has 0 unspecified atom stereocenters. The van der Waals surface area contributed by atoms with E-state index in [-0.39, 0.29) is 12.1 Å². The van der Waals surface area contributed by atoms with Gasteiger partial charge >= 0.3 is 6.18 Å². The Morgan fingerprint density at radius 1 is 1.40 bits per heavy atom. The molecule has 3 nitrogen and oxygen atoms in total. The summed E-state index contributed by atoms with van der Waals surface area (Å²) in [5.74, 6) is 4.78. The number of nitrogens with two attached hydrogens (primary N) is 1. The summed E-state index contributed by atoms with van der Waals surface area (Å²) in [6.07, 6.45) is -5.35. The van der Waals surface area contributed by atoms with E-state index in [1.54, 1.807) is 25.1 Å². The highest BCUT2D eigenvalue weighted by Crippen LogP contribution is 2.18. The molecule has 1 aromatic carbocycles. The lowest BCUT2D eigenvalue weighted by molar-refractivity contribution is -0.132. The van der Waals surface area contributed by atoms with Gasteiger partial charge in [0.05, 0.1) is 18.5 Å². The van der Waals surface area contributed by atoms with Gasteiger partial charge < -0.3 is 11.1 Å². The molecule has 3 N–H and O–H groups in total. The number of aryl methyl sites for hydroxylation is 1. The van der Waals surface area contributed by atoms with Crippen molar-refractivity contribution >= 4 is 5.91 Å². The van der Waals surface area contributed by atoms with Crippen LogP contribution in [0.15, 0.2) is 18.2 Å². The number of carbonyl (C=O) groups is 1. The van der Waals surface area contributed by atoms with E-state index in [0.717, 1.165) is 5.56 Å². The molecule has 0 aromatic heterocycles. The highest BCUT2D eigenvalue weighted by atomic mass is 19.4. The number of amides is 1. The fourth-order valence-corrected chi connectivity index (χ4v) is 1.51. The van der Waals surface area contributed by atoms with Gasteiger partial charge in [-0.05, 0) is 19.1 Å². The first kappa shape index (κ1) is 16.1. The maximum Gasteiger partial charge on any atom is 0.390 e. The minimum atomic E-state index is -4.29. The van der Waals surface area contributed by atoms with Crippen LogP contribution in [0, 0.1) is 18.8 Å². The largest absolute Gasteiger partial charge is 0.390 e. The second kappa shape index (κ2) is 6.96. The summed E-state index contributed by atoms with van der Waals surface area (Å²) in [5.41, 5.74) is 6.79. The zero-order valence-electron chi connectivity index (χ0n) is 11.0. The van der Waals surface area contributed by atoms with Crippen LogP contribution in [0.1, 0.15) is 27.9 Å². The number of benzene rings is 1. The molecule has 0 aliphatic rings. The summed E-state index contributed by atoms with van der Waals surface area (Å²) in [6, 6.07) is 5.01. The van der Waals surface area contributed by atoms with Crippen LogP contribution in [0.2, 0.25) is 0 Å². The van der Waals surface area contributed by atoms with Crippen LogP contribution in [0.5, 0.6) is 0 Å². The molecule has 1 rings (SSSR count). The molecule has 0 radical (unpaired) electrons. The third-order valence-electron chi connectivity index (χ3n) is 2.44. The van der Waals surface area contributed by atoms with Gasteiger partial charge in [-0.15, -0.1) is 0 Å². The summed E-state index contributed by atoms with van der Waals surface area (Å²) in [6.45, 7) is 1.47. The first-order valence-corrected chi connectivity index (χ1v) is 5.98. The SMILES string of the molecule is Cc1ccc(C#CCN)c(C(=O)NCCC(F)(F)F)c1. The number of halogens is 3. The Kier molecular flexibility index (Phi) is 5.59. The molecular weight excluding hydrogens is 269 g/mol. The smallest absolute Gasteiger partial charge is 0.352 e. The van der Waals surface area contributed by atoms with E-state index in [1.165, 1.54) is 0 Å². The van der Waals surface area contributed by atoms with E-state index in [9.17, 15) is 18.0 Å². The molecule has 0 saturated heterocycles. The van der Waals surface area contributed by atoms with Gasteiger partial charge in [0.1, 0.15) is 0 Å². The van der Waals surface area contributed by atoms with Crippen molar-refractivity contribution in [3.8, 4) is 11.8 Å². The molecule has 108 valence electrons. The standard InChI is InChI=1S/C14H15F3N2O/c1-10-4-5-11(3-2-7-18)12(9-10)13(20)19-8-6-14(15,16)17/h4-5,9H,6-8,18H2,1H3,(H,19,20). The van der Waals surface area contributed by atoms with Crippen LogP contribution >= 0.6 is 0 Å². The number of alkyl halides is 3. The quantitative estimate of drug-likeness (QED) is 0.834. The van der Waals surface area contributed by atoms with Gasteiger partial charge in [-0.25, -0.2) is 0 Å². The summed E-state index contributed by atoms with van der Waals surface area (Å²) >= 11 is 0. The predicted octanol–water partition coefficient (Wildman–Crippen LogP) is 1.99. The van der Waals surface area contributed by atoms with Crippen molar-refractivity contribution in [3.63, 3.8) is 0 Å². The fourth-order valence-electron chi connectivity index (χ4n) is 1.51. The van der Waals surface area contributed by atoms with Crippen LogP contribution in [-0.4, -0.2) is 25.2 Å². The second-order valence-corrected chi connectivity index (χ2v) is 4.18. The van der Waals surface area contributed by atoms with Gasteiger partial charge in [0, 0.05) is 12.1 Å². The van der Waals surface area contributed by atoms with Crippen molar-refractivity contribution in [1.82, 2.24) is 5.32 Å². The number of hydrogen-bond acceptors (Lipinski definition) is 2. The van der Waals surface area contributed by atoms with Crippen molar-refractivity contribution in [3.05, 3.63) is 34.9 Å². The van der Waals surface area contributed by atoms with Crippen molar-refractivity contribution in [2.45, 2.75) is 19.5 Å². The molecule has 20 heavy (non-hydrogen) atoms.